The van der Waals surface area contributed by atoms with E-state index in [9.17, 15) is 9.59 Å². The zero-order chi connectivity index (χ0) is 18.9. The van der Waals surface area contributed by atoms with Crippen LogP contribution in [0.3, 0.4) is 0 Å². The van der Waals surface area contributed by atoms with Crippen LogP contribution in [-0.4, -0.2) is 33.3 Å². The van der Waals surface area contributed by atoms with Crippen LogP contribution in [0.1, 0.15) is 0 Å². The Morgan fingerprint density at radius 1 is 0.923 bits per heavy atom. The van der Waals surface area contributed by atoms with Crippen LogP contribution in [0.15, 0.2) is 60.3 Å². The first kappa shape index (κ1) is 18.9. The summed E-state index contributed by atoms with van der Waals surface area (Å²) in [6.45, 7) is 0. The number of anilines is 1. The Balaban J connectivity index is 2.33. The van der Waals surface area contributed by atoms with E-state index in [0.29, 0.717) is 22.9 Å². The van der Waals surface area contributed by atoms with Crippen LogP contribution in [0.25, 0.3) is 0 Å². The lowest BCUT2D eigenvalue weighted by molar-refractivity contribution is -0.138. The van der Waals surface area contributed by atoms with Crippen molar-refractivity contribution in [1.82, 2.24) is 0 Å². The molecule has 2 rings (SSSR count). The Morgan fingerprint density at radius 3 is 2.27 bits per heavy atom. The lowest BCUT2D eigenvalue weighted by Crippen LogP contribution is -2.16. The Hall–Kier alpha value is -3.48. The lowest BCUT2D eigenvalue weighted by Gasteiger charge is -2.14. The summed E-state index contributed by atoms with van der Waals surface area (Å²) in [5, 5.41) is 2.82. The smallest absolute Gasteiger partial charge is 0.354 e. The molecule has 0 heterocycles. The molecule has 0 unspecified atom stereocenters. The second-order valence-corrected chi connectivity index (χ2v) is 4.97. The van der Waals surface area contributed by atoms with Gasteiger partial charge in [-0.2, -0.15) is 0 Å². The van der Waals surface area contributed by atoms with Crippen molar-refractivity contribution in [2.45, 2.75) is 0 Å². The van der Waals surface area contributed by atoms with Gasteiger partial charge in [-0.25, -0.2) is 9.59 Å². The van der Waals surface area contributed by atoms with E-state index in [1.165, 1.54) is 21.3 Å². The molecule has 0 aliphatic carbocycles. The average molecular weight is 357 g/mol. The first-order valence-electron chi connectivity index (χ1n) is 7.63. The third kappa shape index (κ3) is 5.01. The standard InChI is InChI=1S/C19H19NO6/c1-23-17-10-9-14(26-13-7-5-4-6-8-13)11-15(17)20-16(19(22)25-3)12-18(21)24-2/h4-12,20H,1-3H3/b16-12+. The van der Waals surface area contributed by atoms with Crippen LogP contribution in [-0.2, 0) is 19.1 Å². The van der Waals surface area contributed by atoms with E-state index >= 15 is 0 Å². The zero-order valence-corrected chi connectivity index (χ0v) is 14.6. The molecule has 7 heteroatoms. The fraction of sp³-hybridized carbons (Fsp3) is 0.158. The van der Waals surface area contributed by atoms with Gasteiger partial charge in [-0.3, -0.25) is 0 Å². The molecule has 0 aromatic heterocycles. The Bertz CT molecular complexity index is 801. The van der Waals surface area contributed by atoms with Gasteiger partial charge < -0.3 is 24.3 Å². The van der Waals surface area contributed by atoms with Crippen LogP contribution < -0.4 is 14.8 Å². The molecule has 0 aliphatic rings. The van der Waals surface area contributed by atoms with E-state index in [1.54, 1.807) is 18.2 Å². The first-order chi connectivity index (χ1) is 12.6. The lowest BCUT2D eigenvalue weighted by atomic mass is 10.2. The summed E-state index contributed by atoms with van der Waals surface area (Å²) >= 11 is 0. The minimum Gasteiger partial charge on any atom is -0.495 e. The van der Waals surface area contributed by atoms with E-state index in [1.807, 2.05) is 30.3 Å². The highest BCUT2D eigenvalue weighted by Gasteiger charge is 2.16. The highest BCUT2D eigenvalue weighted by molar-refractivity contribution is 5.99. The molecule has 7 nitrogen and oxygen atoms in total. The largest absolute Gasteiger partial charge is 0.495 e. The van der Waals surface area contributed by atoms with Crippen molar-refractivity contribution in [3.05, 3.63) is 60.3 Å². The number of hydrogen-bond donors (Lipinski definition) is 1. The molecular weight excluding hydrogens is 338 g/mol. The molecule has 0 saturated heterocycles. The summed E-state index contributed by atoms with van der Waals surface area (Å²) < 4.78 is 20.3. The summed E-state index contributed by atoms with van der Waals surface area (Å²) in [6.07, 6.45) is 0.996. The monoisotopic (exact) mass is 357 g/mol. The number of benzene rings is 2. The van der Waals surface area contributed by atoms with E-state index < -0.39 is 11.9 Å². The summed E-state index contributed by atoms with van der Waals surface area (Å²) in [5.41, 5.74) is 0.316. The second kappa shape index (κ2) is 9.12. The van der Waals surface area contributed by atoms with E-state index in [-0.39, 0.29) is 5.70 Å². The number of esters is 2. The fourth-order valence-corrected chi connectivity index (χ4v) is 2.05. The molecule has 2 aromatic carbocycles. The topological polar surface area (TPSA) is 83.1 Å². The van der Waals surface area contributed by atoms with E-state index in [2.05, 4.69) is 14.8 Å². The van der Waals surface area contributed by atoms with Gasteiger partial charge in [0, 0.05) is 6.07 Å². The van der Waals surface area contributed by atoms with Crippen LogP contribution in [0.5, 0.6) is 17.2 Å². The van der Waals surface area contributed by atoms with Gasteiger partial charge in [0.05, 0.1) is 33.1 Å². The number of carbonyl (C=O) groups excluding carboxylic acids is 2. The molecule has 0 aliphatic heterocycles. The zero-order valence-electron chi connectivity index (χ0n) is 14.6. The molecule has 26 heavy (non-hydrogen) atoms. The van der Waals surface area contributed by atoms with Crippen molar-refractivity contribution in [2.24, 2.45) is 0 Å². The summed E-state index contributed by atoms with van der Waals surface area (Å²) in [7, 11) is 3.91. The minimum absolute atomic E-state index is 0.102. The summed E-state index contributed by atoms with van der Waals surface area (Å²) in [5.74, 6) is 0.189. The molecule has 0 saturated carbocycles. The van der Waals surface area contributed by atoms with Gasteiger partial charge in [0.1, 0.15) is 22.9 Å². The van der Waals surface area contributed by atoms with Crippen molar-refractivity contribution in [1.29, 1.82) is 0 Å². The highest BCUT2D eigenvalue weighted by atomic mass is 16.5. The van der Waals surface area contributed by atoms with Crippen molar-refractivity contribution in [3.8, 4) is 17.2 Å². The molecule has 0 amide bonds. The number of rotatable bonds is 7. The summed E-state index contributed by atoms with van der Waals surface area (Å²) in [4.78, 5) is 23.4. The first-order valence-corrected chi connectivity index (χ1v) is 7.63. The maximum atomic E-state index is 11.9. The molecule has 0 radical (unpaired) electrons. The van der Waals surface area contributed by atoms with E-state index in [0.717, 1.165) is 6.08 Å². The molecular formula is C19H19NO6. The van der Waals surface area contributed by atoms with Gasteiger partial charge in [0.25, 0.3) is 0 Å². The number of hydrogen-bond acceptors (Lipinski definition) is 7. The molecule has 0 bridgehead atoms. The SMILES string of the molecule is COC(=O)/C=C(/Nc1cc(Oc2ccccc2)ccc1OC)C(=O)OC. The van der Waals surface area contributed by atoms with Crippen molar-refractivity contribution in [2.75, 3.05) is 26.6 Å². The van der Waals surface area contributed by atoms with Crippen LogP contribution in [0, 0.1) is 0 Å². The van der Waals surface area contributed by atoms with Crippen LogP contribution in [0.2, 0.25) is 0 Å². The van der Waals surface area contributed by atoms with Crippen LogP contribution >= 0.6 is 0 Å². The Morgan fingerprint density at radius 2 is 1.65 bits per heavy atom. The third-order valence-electron chi connectivity index (χ3n) is 3.29. The number of carbonyl (C=O) groups is 2. The van der Waals surface area contributed by atoms with Crippen molar-refractivity contribution < 1.29 is 28.5 Å². The van der Waals surface area contributed by atoms with Gasteiger partial charge in [0.15, 0.2) is 0 Å². The number of para-hydroxylation sites is 1. The Kier molecular flexibility index (Phi) is 6.61. The average Bonchev–Trinajstić information content (AvgIpc) is 2.67. The fourth-order valence-electron chi connectivity index (χ4n) is 2.05. The maximum absolute atomic E-state index is 11.9. The normalized spacial score (nSPS) is 10.7. The van der Waals surface area contributed by atoms with Gasteiger partial charge in [0.2, 0.25) is 0 Å². The van der Waals surface area contributed by atoms with Gasteiger partial charge in [-0.05, 0) is 24.3 Å². The number of methoxy groups -OCH3 is 3. The predicted molar refractivity (Wildman–Crippen MR) is 95.2 cm³/mol. The van der Waals surface area contributed by atoms with Gasteiger partial charge in [-0.1, -0.05) is 18.2 Å². The second-order valence-electron chi connectivity index (χ2n) is 4.97. The molecule has 0 fully saturated rings. The molecule has 0 spiro atoms. The maximum Gasteiger partial charge on any atom is 0.354 e. The Labute approximate surface area is 151 Å². The quantitative estimate of drug-likeness (QED) is 0.602. The third-order valence-corrected chi connectivity index (χ3v) is 3.29. The van der Waals surface area contributed by atoms with Crippen molar-refractivity contribution in [3.63, 3.8) is 0 Å². The molecule has 136 valence electrons. The van der Waals surface area contributed by atoms with E-state index in [4.69, 9.17) is 9.47 Å². The summed E-state index contributed by atoms with van der Waals surface area (Å²) in [6, 6.07) is 14.3. The van der Waals surface area contributed by atoms with Crippen LogP contribution in [0.4, 0.5) is 5.69 Å². The van der Waals surface area contributed by atoms with Crippen molar-refractivity contribution >= 4 is 17.6 Å². The number of ether oxygens (including phenoxy) is 4. The minimum atomic E-state index is -0.730. The van der Waals surface area contributed by atoms with Gasteiger partial charge in [-0.15, -0.1) is 0 Å². The molecule has 0 atom stereocenters. The predicted octanol–water partition coefficient (Wildman–Crippen LogP) is 3.13. The molecule has 1 N–H and O–H groups in total. The number of nitrogens with one attached hydrogen (secondary N) is 1. The van der Waals surface area contributed by atoms with Gasteiger partial charge >= 0.3 is 11.9 Å². The molecule has 2 aromatic rings. The highest BCUT2D eigenvalue weighted by Crippen LogP contribution is 2.32.